The summed E-state index contributed by atoms with van der Waals surface area (Å²) in [6.45, 7) is 7.20. The van der Waals surface area contributed by atoms with Gasteiger partial charge in [-0.25, -0.2) is 0 Å². The van der Waals surface area contributed by atoms with E-state index < -0.39 is 0 Å². The first-order valence-electron chi connectivity index (χ1n) is 4.79. The molecule has 2 rings (SSSR count). The van der Waals surface area contributed by atoms with Gasteiger partial charge in [-0.1, -0.05) is 0 Å². The van der Waals surface area contributed by atoms with Crippen LogP contribution < -0.4 is 0 Å². The van der Waals surface area contributed by atoms with Gasteiger partial charge in [-0.05, 0) is 20.8 Å². The quantitative estimate of drug-likeness (QED) is 0.575. The summed E-state index contributed by atoms with van der Waals surface area (Å²) in [7, 11) is 0. The van der Waals surface area contributed by atoms with E-state index in [1.54, 1.807) is 0 Å². The van der Waals surface area contributed by atoms with Crippen molar-refractivity contribution in [3.8, 4) is 0 Å². The third-order valence-electron chi connectivity index (χ3n) is 2.63. The summed E-state index contributed by atoms with van der Waals surface area (Å²) in [5, 5.41) is 0. The fraction of sp³-hybridized carbons (Fsp3) is 0.900. The minimum absolute atomic E-state index is 0.0363. The van der Waals surface area contributed by atoms with Gasteiger partial charge in [0.25, 0.3) is 0 Å². The van der Waals surface area contributed by atoms with Crippen molar-refractivity contribution in [2.45, 2.75) is 26.4 Å². The van der Waals surface area contributed by atoms with Gasteiger partial charge in [-0.3, -0.25) is 4.79 Å². The number of ether oxygens (including phenoxy) is 2. The van der Waals surface area contributed by atoms with Gasteiger partial charge in [0, 0.05) is 11.8 Å². The second kappa shape index (κ2) is 2.71. The van der Waals surface area contributed by atoms with E-state index in [-0.39, 0.29) is 17.5 Å². The van der Waals surface area contributed by atoms with Crippen LogP contribution in [-0.2, 0) is 14.3 Å². The Hall–Kier alpha value is -0.570. The highest BCUT2D eigenvalue weighted by Crippen LogP contribution is 2.51. The molecule has 2 atom stereocenters. The zero-order valence-electron chi connectivity index (χ0n) is 8.37. The third-order valence-corrected chi connectivity index (χ3v) is 2.63. The maximum Gasteiger partial charge on any atom is 0.310 e. The molecule has 0 aromatic carbocycles. The molecule has 13 heavy (non-hydrogen) atoms. The molecule has 0 N–H and O–H groups in total. The molecule has 1 saturated heterocycles. The summed E-state index contributed by atoms with van der Waals surface area (Å²) in [4.78, 5) is 11.6. The topological polar surface area (TPSA) is 35.5 Å². The summed E-state index contributed by atoms with van der Waals surface area (Å²) in [6.07, 6.45) is 0. The van der Waals surface area contributed by atoms with E-state index in [9.17, 15) is 4.79 Å². The van der Waals surface area contributed by atoms with Gasteiger partial charge in [0.1, 0.15) is 5.60 Å². The molecular weight excluding hydrogens is 168 g/mol. The average Bonchev–Trinajstić information content (AvgIpc) is 2.44. The number of hydrogen-bond donors (Lipinski definition) is 0. The molecule has 0 radical (unpaired) electrons. The van der Waals surface area contributed by atoms with E-state index in [4.69, 9.17) is 9.47 Å². The molecule has 1 aliphatic carbocycles. The number of hydrogen-bond acceptors (Lipinski definition) is 3. The first-order chi connectivity index (χ1) is 5.99. The van der Waals surface area contributed by atoms with Gasteiger partial charge in [0.05, 0.1) is 19.1 Å². The largest absolute Gasteiger partial charge is 0.460 e. The highest BCUT2D eigenvalue weighted by atomic mass is 16.6. The van der Waals surface area contributed by atoms with Crippen molar-refractivity contribution in [3.63, 3.8) is 0 Å². The molecule has 3 nitrogen and oxygen atoms in total. The highest BCUT2D eigenvalue weighted by molar-refractivity contribution is 5.77. The minimum Gasteiger partial charge on any atom is -0.460 e. The number of carbonyl (C=O) groups is 1. The normalized spacial score (nSPS) is 37.0. The fourth-order valence-corrected chi connectivity index (χ4v) is 1.96. The lowest BCUT2D eigenvalue weighted by Gasteiger charge is -2.20. The molecule has 0 spiro atoms. The maximum absolute atomic E-state index is 11.6. The second-order valence-electron chi connectivity index (χ2n) is 4.92. The molecule has 2 fully saturated rings. The molecule has 2 aliphatic rings. The van der Waals surface area contributed by atoms with Gasteiger partial charge < -0.3 is 9.47 Å². The Morgan fingerprint density at radius 1 is 1.31 bits per heavy atom. The molecule has 1 aliphatic heterocycles. The molecular formula is C10H16O3. The van der Waals surface area contributed by atoms with Crippen molar-refractivity contribution in [3.05, 3.63) is 0 Å². The van der Waals surface area contributed by atoms with Crippen molar-refractivity contribution in [1.82, 2.24) is 0 Å². The fourth-order valence-electron chi connectivity index (χ4n) is 1.96. The smallest absolute Gasteiger partial charge is 0.310 e. The molecule has 3 heteroatoms. The van der Waals surface area contributed by atoms with Crippen LogP contribution >= 0.6 is 0 Å². The third kappa shape index (κ3) is 1.70. The summed E-state index contributed by atoms with van der Waals surface area (Å²) < 4.78 is 10.5. The van der Waals surface area contributed by atoms with E-state index in [1.807, 2.05) is 20.8 Å². The first-order valence-corrected chi connectivity index (χ1v) is 4.79. The van der Waals surface area contributed by atoms with Crippen molar-refractivity contribution in [1.29, 1.82) is 0 Å². The lowest BCUT2D eigenvalue weighted by molar-refractivity contribution is -0.158. The van der Waals surface area contributed by atoms with Crippen LogP contribution in [-0.4, -0.2) is 24.8 Å². The molecule has 1 heterocycles. The minimum atomic E-state index is -0.352. The van der Waals surface area contributed by atoms with Crippen LogP contribution in [0.2, 0.25) is 0 Å². The van der Waals surface area contributed by atoms with E-state index in [1.165, 1.54) is 0 Å². The van der Waals surface area contributed by atoms with Crippen LogP contribution in [0.3, 0.4) is 0 Å². The Bertz CT molecular complexity index is 219. The SMILES string of the molecule is CC(C)(C)OC(=O)C1[C@@H]2COC[C@@H]12. The standard InChI is InChI=1S/C10H16O3/c1-10(2,3)13-9(11)8-6-4-12-5-7(6)8/h6-8H,4-5H2,1-3H3/t6-,7-/m1/s1. The maximum atomic E-state index is 11.6. The Labute approximate surface area is 78.4 Å². The summed E-state index contributed by atoms with van der Waals surface area (Å²) in [6, 6.07) is 0. The van der Waals surface area contributed by atoms with Crippen molar-refractivity contribution >= 4 is 5.97 Å². The van der Waals surface area contributed by atoms with E-state index in [0.29, 0.717) is 11.8 Å². The van der Waals surface area contributed by atoms with Crippen LogP contribution in [0.25, 0.3) is 0 Å². The summed E-state index contributed by atoms with van der Waals surface area (Å²) in [5.41, 5.74) is -0.352. The number of esters is 1. The van der Waals surface area contributed by atoms with Gasteiger partial charge in [0.15, 0.2) is 0 Å². The second-order valence-corrected chi connectivity index (χ2v) is 4.92. The van der Waals surface area contributed by atoms with E-state index in [2.05, 4.69) is 0 Å². The molecule has 1 saturated carbocycles. The van der Waals surface area contributed by atoms with Crippen LogP contribution in [0.4, 0.5) is 0 Å². The van der Waals surface area contributed by atoms with Gasteiger partial charge >= 0.3 is 5.97 Å². The Morgan fingerprint density at radius 2 is 1.85 bits per heavy atom. The molecule has 0 unspecified atom stereocenters. The monoisotopic (exact) mass is 184 g/mol. The lowest BCUT2D eigenvalue weighted by atomic mass is 10.2. The highest BCUT2D eigenvalue weighted by Gasteiger charge is 2.59. The van der Waals surface area contributed by atoms with Crippen LogP contribution in [0.1, 0.15) is 20.8 Å². The lowest BCUT2D eigenvalue weighted by Crippen LogP contribution is -2.26. The number of fused-ring (bicyclic) bond motifs is 1. The Balaban J connectivity index is 1.87. The number of carbonyl (C=O) groups excluding carboxylic acids is 1. The zero-order valence-corrected chi connectivity index (χ0v) is 8.37. The van der Waals surface area contributed by atoms with Crippen LogP contribution in [0, 0.1) is 17.8 Å². The van der Waals surface area contributed by atoms with E-state index >= 15 is 0 Å². The van der Waals surface area contributed by atoms with Gasteiger partial charge in [-0.15, -0.1) is 0 Å². The average molecular weight is 184 g/mol. The Kier molecular flexibility index (Phi) is 1.88. The molecule has 0 bridgehead atoms. The van der Waals surface area contributed by atoms with Crippen molar-refractivity contribution < 1.29 is 14.3 Å². The molecule has 0 amide bonds. The van der Waals surface area contributed by atoms with Crippen LogP contribution in [0.15, 0.2) is 0 Å². The van der Waals surface area contributed by atoms with Crippen molar-refractivity contribution in [2.24, 2.45) is 17.8 Å². The van der Waals surface area contributed by atoms with Gasteiger partial charge in [-0.2, -0.15) is 0 Å². The summed E-state index contributed by atoms with van der Waals surface area (Å²) in [5.74, 6) is 1.00. The zero-order chi connectivity index (χ0) is 9.64. The predicted molar refractivity (Wildman–Crippen MR) is 47.1 cm³/mol. The van der Waals surface area contributed by atoms with Crippen LogP contribution in [0.5, 0.6) is 0 Å². The van der Waals surface area contributed by atoms with Crippen molar-refractivity contribution in [2.75, 3.05) is 13.2 Å². The number of rotatable bonds is 1. The summed E-state index contributed by atoms with van der Waals surface area (Å²) >= 11 is 0. The Morgan fingerprint density at radius 3 is 2.31 bits per heavy atom. The molecule has 0 aromatic heterocycles. The van der Waals surface area contributed by atoms with E-state index in [0.717, 1.165) is 13.2 Å². The molecule has 0 aromatic rings. The van der Waals surface area contributed by atoms with Gasteiger partial charge in [0.2, 0.25) is 0 Å². The molecule has 74 valence electrons. The predicted octanol–water partition coefficient (Wildman–Crippen LogP) is 1.22. The first kappa shape index (κ1) is 9.00.